The van der Waals surface area contributed by atoms with Crippen LogP contribution in [0.1, 0.15) is 36.7 Å². The predicted octanol–water partition coefficient (Wildman–Crippen LogP) is 6.04. The highest BCUT2D eigenvalue weighted by atomic mass is 32.1. The van der Waals surface area contributed by atoms with E-state index in [1.165, 1.54) is 21.9 Å². The van der Waals surface area contributed by atoms with Gasteiger partial charge in [0.1, 0.15) is 5.69 Å². The molecule has 3 aromatic carbocycles. The third-order valence-electron chi connectivity index (χ3n) is 6.43. The number of thiazole rings is 1. The van der Waals surface area contributed by atoms with E-state index in [4.69, 9.17) is 9.84 Å². The van der Waals surface area contributed by atoms with Gasteiger partial charge in [0.2, 0.25) is 4.96 Å². The Morgan fingerprint density at radius 1 is 0.976 bits per heavy atom. The molecule has 0 saturated heterocycles. The van der Waals surface area contributed by atoms with Gasteiger partial charge in [-0.05, 0) is 54.5 Å². The summed E-state index contributed by atoms with van der Waals surface area (Å²) in [7, 11) is 0. The van der Waals surface area contributed by atoms with E-state index in [1.807, 2.05) is 72.9 Å². The molecule has 204 valence electrons. The number of hydrogen-bond donors (Lipinski definition) is 0. The van der Waals surface area contributed by atoms with Gasteiger partial charge in [0.25, 0.3) is 5.56 Å². The Kier molecular flexibility index (Phi) is 7.51. The Labute approximate surface area is 239 Å². The number of benzene rings is 3. The molecule has 0 aliphatic rings. The van der Waals surface area contributed by atoms with E-state index in [2.05, 4.69) is 17.0 Å². The van der Waals surface area contributed by atoms with Crippen LogP contribution in [-0.2, 0) is 0 Å². The van der Waals surface area contributed by atoms with Crippen LogP contribution in [0.2, 0.25) is 0 Å². The van der Waals surface area contributed by atoms with Gasteiger partial charge < -0.3 is 4.74 Å². The number of nitrogens with zero attached hydrogens (tertiary/aromatic N) is 5. The summed E-state index contributed by atoms with van der Waals surface area (Å²) in [6.07, 6.45) is 9.09. The summed E-state index contributed by atoms with van der Waals surface area (Å²) in [6, 6.07) is 24.3. The molecule has 0 N–H and O–H groups in total. The summed E-state index contributed by atoms with van der Waals surface area (Å²) in [4.78, 5) is 18.3. The summed E-state index contributed by atoms with van der Waals surface area (Å²) < 4.78 is 24.1. The summed E-state index contributed by atoms with van der Waals surface area (Å²) in [5, 5.41) is 9.15. The van der Waals surface area contributed by atoms with Crippen molar-refractivity contribution in [3.63, 3.8) is 0 Å². The van der Waals surface area contributed by atoms with Crippen molar-refractivity contribution in [1.29, 1.82) is 0 Å². The lowest BCUT2D eigenvalue weighted by Crippen LogP contribution is -2.23. The zero-order valence-corrected chi connectivity index (χ0v) is 23.1. The summed E-state index contributed by atoms with van der Waals surface area (Å²) in [5.74, 6) is 0.205. The van der Waals surface area contributed by atoms with Gasteiger partial charge in [0, 0.05) is 17.3 Å². The highest BCUT2D eigenvalue weighted by molar-refractivity contribution is 7.15. The number of fused-ring (bicyclic) bond motifs is 1. The van der Waals surface area contributed by atoms with E-state index < -0.39 is 5.82 Å². The maximum Gasteiger partial charge on any atom is 0.291 e. The number of halogens is 1. The first-order valence-corrected chi connectivity index (χ1v) is 14.1. The van der Waals surface area contributed by atoms with Gasteiger partial charge in [-0.25, -0.2) is 9.07 Å². The lowest BCUT2D eigenvalue weighted by atomic mass is 10.1. The van der Waals surface area contributed by atoms with Crippen molar-refractivity contribution in [3.8, 4) is 22.7 Å². The van der Waals surface area contributed by atoms with Crippen LogP contribution in [0.5, 0.6) is 5.75 Å². The zero-order valence-electron chi connectivity index (χ0n) is 22.3. The smallest absolute Gasteiger partial charge is 0.291 e. The molecule has 6 rings (SSSR count). The van der Waals surface area contributed by atoms with Crippen LogP contribution in [-0.4, -0.2) is 31.0 Å². The Bertz CT molecular complexity index is 1950. The quantitative estimate of drug-likeness (QED) is 0.201. The maximum atomic E-state index is 15.0. The fourth-order valence-electron chi connectivity index (χ4n) is 4.32. The van der Waals surface area contributed by atoms with Crippen molar-refractivity contribution in [2.24, 2.45) is 0 Å². The fourth-order valence-corrected chi connectivity index (χ4v) is 5.22. The zero-order chi connectivity index (χ0) is 28.2. The minimum Gasteiger partial charge on any atom is -0.491 e. The third-order valence-corrected chi connectivity index (χ3v) is 7.39. The van der Waals surface area contributed by atoms with Crippen LogP contribution in [0.3, 0.4) is 0 Å². The molecule has 9 heteroatoms. The molecule has 0 saturated carbocycles. The molecule has 0 unspecified atom stereocenters. The van der Waals surface area contributed by atoms with Crippen molar-refractivity contribution in [2.45, 2.75) is 19.8 Å². The first kappa shape index (κ1) is 26.3. The SMILES string of the molecule is CCCCOc1ccc(-c2nn(-c3ccccc3)cc2C=c2sc3nc(C=Cc4ccccc4)nn3c2=O)cc1F. The van der Waals surface area contributed by atoms with E-state index in [9.17, 15) is 9.18 Å². The van der Waals surface area contributed by atoms with Gasteiger partial charge in [-0.15, -0.1) is 5.10 Å². The molecule has 0 aliphatic heterocycles. The molecular weight excluding hydrogens is 537 g/mol. The Balaban J connectivity index is 1.39. The van der Waals surface area contributed by atoms with Crippen LogP contribution in [0.25, 0.3) is 40.1 Å². The molecular formula is C32H26FN5O2S. The van der Waals surface area contributed by atoms with E-state index in [0.717, 1.165) is 24.1 Å². The van der Waals surface area contributed by atoms with Crippen molar-refractivity contribution >= 4 is 34.5 Å². The average Bonchev–Trinajstić information content (AvgIpc) is 3.68. The van der Waals surface area contributed by atoms with Crippen LogP contribution in [0.15, 0.2) is 89.9 Å². The molecule has 3 aromatic heterocycles. The molecule has 0 radical (unpaired) electrons. The number of rotatable bonds is 9. The van der Waals surface area contributed by atoms with Crippen molar-refractivity contribution < 1.29 is 9.13 Å². The largest absolute Gasteiger partial charge is 0.491 e. The average molecular weight is 564 g/mol. The number of hydrogen-bond acceptors (Lipinski definition) is 6. The van der Waals surface area contributed by atoms with E-state index >= 15 is 0 Å². The van der Waals surface area contributed by atoms with Gasteiger partial charge in [-0.1, -0.05) is 79.3 Å². The first-order chi connectivity index (χ1) is 20.1. The Morgan fingerprint density at radius 2 is 1.76 bits per heavy atom. The Morgan fingerprint density at radius 3 is 2.49 bits per heavy atom. The fraction of sp³-hybridized carbons (Fsp3) is 0.125. The topological polar surface area (TPSA) is 74.3 Å². The van der Waals surface area contributed by atoms with Crippen LogP contribution in [0.4, 0.5) is 4.39 Å². The second-order valence-electron chi connectivity index (χ2n) is 9.38. The van der Waals surface area contributed by atoms with E-state index in [1.54, 1.807) is 29.0 Å². The van der Waals surface area contributed by atoms with E-state index in [-0.39, 0.29) is 11.3 Å². The lowest BCUT2D eigenvalue weighted by molar-refractivity contribution is 0.294. The van der Waals surface area contributed by atoms with Crippen molar-refractivity contribution in [3.05, 3.63) is 123 Å². The minimum absolute atomic E-state index is 0.208. The van der Waals surface area contributed by atoms with Crippen LogP contribution < -0.4 is 14.8 Å². The van der Waals surface area contributed by atoms with Crippen LogP contribution >= 0.6 is 11.3 Å². The minimum atomic E-state index is -0.460. The number of ether oxygens (including phenoxy) is 1. The number of para-hydroxylation sites is 1. The first-order valence-electron chi connectivity index (χ1n) is 13.3. The number of unbranched alkanes of at least 4 members (excludes halogenated alkanes) is 1. The summed E-state index contributed by atoms with van der Waals surface area (Å²) in [6.45, 7) is 2.51. The van der Waals surface area contributed by atoms with Gasteiger partial charge in [0.05, 0.1) is 16.8 Å². The molecule has 7 nitrogen and oxygen atoms in total. The molecule has 41 heavy (non-hydrogen) atoms. The van der Waals surface area contributed by atoms with Crippen molar-refractivity contribution in [2.75, 3.05) is 6.61 Å². The molecule has 0 bridgehead atoms. The second kappa shape index (κ2) is 11.7. The molecule has 0 spiro atoms. The normalized spacial score (nSPS) is 12.1. The molecule has 0 atom stereocenters. The molecule has 3 heterocycles. The molecule has 6 aromatic rings. The van der Waals surface area contributed by atoms with Gasteiger partial charge in [-0.2, -0.15) is 14.6 Å². The standard InChI is InChI=1S/C32H26FN5O2S/c1-2-3-18-40-27-16-15-23(19-26(27)33)30-24(21-37(36-30)25-12-8-5-9-13-25)20-28-31(39)38-32(41-28)34-29(35-38)17-14-22-10-6-4-7-11-22/h4-17,19-21H,2-3,18H2,1H3. The molecule has 0 aliphatic carbocycles. The molecule has 0 fully saturated rings. The third kappa shape index (κ3) is 5.71. The lowest BCUT2D eigenvalue weighted by Gasteiger charge is -2.08. The predicted molar refractivity (Wildman–Crippen MR) is 161 cm³/mol. The highest BCUT2D eigenvalue weighted by Gasteiger charge is 2.16. The summed E-state index contributed by atoms with van der Waals surface area (Å²) >= 11 is 1.24. The summed E-state index contributed by atoms with van der Waals surface area (Å²) in [5.41, 5.74) is 3.36. The second-order valence-corrected chi connectivity index (χ2v) is 10.4. The Hall–Kier alpha value is -4.89. The monoisotopic (exact) mass is 563 g/mol. The van der Waals surface area contributed by atoms with Gasteiger partial charge in [-0.3, -0.25) is 4.79 Å². The molecule has 0 amide bonds. The highest BCUT2D eigenvalue weighted by Crippen LogP contribution is 2.29. The maximum absolute atomic E-state index is 15.0. The van der Waals surface area contributed by atoms with Crippen molar-refractivity contribution in [1.82, 2.24) is 24.4 Å². The van der Waals surface area contributed by atoms with Gasteiger partial charge >= 0.3 is 0 Å². The van der Waals surface area contributed by atoms with E-state index in [0.29, 0.717) is 38.7 Å². The van der Waals surface area contributed by atoms with Gasteiger partial charge in [0.15, 0.2) is 17.4 Å². The number of aromatic nitrogens is 5. The van der Waals surface area contributed by atoms with Crippen LogP contribution in [0, 0.1) is 5.82 Å².